The fourth-order valence-corrected chi connectivity index (χ4v) is 2.65. The van der Waals surface area contributed by atoms with Crippen molar-refractivity contribution in [3.8, 4) is 5.75 Å². The second-order valence-electron chi connectivity index (χ2n) is 3.64. The van der Waals surface area contributed by atoms with Crippen LogP contribution in [-0.4, -0.2) is 32.1 Å². The first-order valence-corrected chi connectivity index (χ1v) is 6.75. The smallest absolute Gasteiger partial charge is 0.340 e. The van der Waals surface area contributed by atoms with Gasteiger partial charge in [0.2, 0.25) is 0 Å². The maximum absolute atomic E-state index is 11.6. The van der Waals surface area contributed by atoms with E-state index in [1.54, 1.807) is 24.3 Å². The van der Waals surface area contributed by atoms with E-state index in [9.17, 15) is 14.4 Å². The standard InChI is InChI=1S/C10H12N3O4P/c1-17-8-4-2-7(3-5-8)9(18(14,15)16)10-11-6-12-13-10/h2-6,9H,1H3,(H,11,12,13)(H2,14,15,16). The van der Waals surface area contributed by atoms with Gasteiger partial charge < -0.3 is 14.5 Å². The summed E-state index contributed by atoms with van der Waals surface area (Å²) in [5.74, 6) is 0.745. The molecule has 0 fully saturated rings. The van der Waals surface area contributed by atoms with Gasteiger partial charge in [0.25, 0.3) is 0 Å². The molecule has 7 nitrogen and oxygen atoms in total. The van der Waals surface area contributed by atoms with Gasteiger partial charge in [-0.2, -0.15) is 5.10 Å². The summed E-state index contributed by atoms with van der Waals surface area (Å²) in [6.07, 6.45) is 1.21. The molecule has 0 aliphatic rings. The monoisotopic (exact) mass is 269 g/mol. The molecule has 0 radical (unpaired) electrons. The Hall–Kier alpha value is -1.69. The summed E-state index contributed by atoms with van der Waals surface area (Å²) in [7, 11) is -2.86. The van der Waals surface area contributed by atoms with Gasteiger partial charge in [-0.25, -0.2) is 4.98 Å². The molecular weight excluding hydrogens is 257 g/mol. The number of aromatic nitrogens is 3. The number of methoxy groups -OCH3 is 1. The number of nitrogens with zero attached hydrogens (tertiary/aromatic N) is 2. The first-order valence-electron chi connectivity index (χ1n) is 5.07. The van der Waals surface area contributed by atoms with Crippen molar-refractivity contribution < 1.29 is 19.1 Å². The molecule has 0 saturated heterocycles. The first kappa shape index (κ1) is 12.8. The van der Waals surface area contributed by atoms with Gasteiger partial charge in [-0.15, -0.1) is 0 Å². The lowest BCUT2D eigenvalue weighted by molar-refractivity contribution is 0.363. The third kappa shape index (κ3) is 2.59. The van der Waals surface area contributed by atoms with Gasteiger partial charge in [0.05, 0.1) is 7.11 Å². The molecule has 0 aliphatic carbocycles. The molecule has 3 N–H and O–H groups in total. The molecule has 1 heterocycles. The van der Waals surface area contributed by atoms with Gasteiger partial charge in [0.1, 0.15) is 23.6 Å². The van der Waals surface area contributed by atoms with Gasteiger partial charge in [-0.1, -0.05) is 12.1 Å². The average Bonchev–Trinajstić information content (AvgIpc) is 2.82. The summed E-state index contributed by atoms with van der Waals surface area (Å²) >= 11 is 0. The second kappa shape index (κ2) is 4.89. The number of rotatable bonds is 4. The Morgan fingerprint density at radius 1 is 1.33 bits per heavy atom. The van der Waals surface area contributed by atoms with Crippen LogP contribution in [0.5, 0.6) is 5.75 Å². The fraction of sp³-hybridized carbons (Fsp3) is 0.200. The van der Waals surface area contributed by atoms with Crippen LogP contribution in [0.3, 0.4) is 0 Å². The molecule has 1 aromatic carbocycles. The highest BCUT2D eigenvalue weighted by Gasteiger charge is 2.34. The molecule has 0 saturated carbocycles. The van der Waals surface area contributed by atoms with Crippen LogP contribution < -0.4 is 4.74 Å². The zero-order valence-corrected chi connectivity index (χ0v) is 10.4. The van der Waals surface area contributed by atoms with Crippen molar-refractivity contribution >= 4 is 7.60 Å². The van der Waals surface area contributed by atoms with Crippen molar-refractivity contribution in [2.45, 2.75) is 5.66 Å². The summed E-state index contributed by atoms with van der Waals surface area (Å²) in [4.78, 5) is 22.7. The number of ether oxygens (including phenoxy) is 1. The fourth-order valence-electron chi connectivity index (χ4n) is 1.64. The highest BCUT2D eigenvalue weighted by Crippen LogP contribution is 2.54. The number of hydrogen-bond donors (Lipinski definition) is 3. The Morgan fingerprint density at radius 2 is 2.00 bits per heavy atom. The van der Waals surface area contributed by atoms with Crippen molar-refractivity contribution in [2.75, 3.05) is 7.11 Å². The zero-order chi connectivity index (χ0) is 13.2. The molecule has 0 spiro atoms. The third-order valence-electron chi connectivity index (χ3n) is 2.46. The van der Waals surface area contributed by atoms with Crippen molar-refractivity contribution in [2.24, 2.45) is 0 Å². The Balaban J connectivity index is 2.44. The van der Waals surface area contributed by atoms with E-state index in [1.165, 1.54) is 13.4 Å². The van der Waals surface area contributed by atoms with E-state index < -0.39 is 13.3 Å². The van der Waals surface area contributed by atoms with Crippen LogP contribution in [0.15, 0.2) is 30.6 Å². The Labute approximate surface area is 103 Å². The van der Waals surface area contributed by atoms with Crippen molar-refractivity contribution in [3.05, 3.63) is 42.0 Å². The maximum atomic E-state index is 11.6. The average molecular weight is 269 g/mol. The number of nitrogens with one attached hydrogen (secondary N) is 1. The molecule has 0 bridgehead atoms. The van der Waals surface area contributed by atoms with Crippen LogP contribution >= 0.6 is 7.60 Å². The van der Waals surface area contributed by atoms with Crippen molar-refractivity contribution in [1.82, 2.24) is 15.2 Å². The van der Waals surface area contributed by atoms with Crippen molar-refractivity contribution in [1.29, 1.82) is 0 Å². The topological polar surface area (TPSA) is 108 Å². The summed E-state index contributed by atoms with van der Waals surface area (Å²) in [5.41, 5.74) is -0.702. The van der Waals surface area contributed by atoms with Crippen LogP contribution in [0.2, 0.25) is 0 Å². The number of H-pyrrole nitrogens is 1. The van der Waals surface area contributed by atoms with E-state index in [0.29, 0.717) is 11.3 Å². The van der Waals surface area contributed by atoms with E-state index in [4.69, 9.17) is 4.74 Å². The van der Waals surface area contributed by atoms with Crippen LogP contribution in [-0.2, 0) is 4.57 Å². The highest BCUT2D eigenvalue weighted by atomic mass is 31.2. The molecule has 1 atom stereocenters. The summed E-state index contributed by atoms with van der Waals surface area (Å²) in [5, 5.41) is 6.10. The van der Waals surface area contributed by atoms with Gasteiger partial charge in [0.15, 0.2) is 0 Å². The molecular formula is C10H12N3O4P. The Bertz CT molecular complexity index is 549. The predicted molar refractivity (Wildman–Crippen MR) is 63.3 cm³/mol. The normalized spacial score (nSPS) is 13.3. The molecule has 96 valence electrons. The van der Waals surface area contributed by atoms with Gasteiger partial charge in [0, 0.05) is 0 Å². The molecule has 18 heavy (non-hydrogen) atoms. The predicted octanol–water partition coefficient (Wildman–Crippen LogP) is 1.08. The van der Waals surface area contributed by atoms with E-state index in [0.717, 1.165) is 0 Å². The molecule has 1 unspecified atom stereocenters. The molecule has 2 rings (SSSR count). The van der Waals surface area contributed by atoms with Crippen LogP contribution in [0, 0.1) is 0 Å². The lowest BCUT2D eigenvalue weighted by Crippen LogP contribution is -2.04. The number of hydrogen-bond acceptors (Lipinski definition) is 4. The second-order valence-corrected chi connectivity index (χ2v) is 5.33. The maximum Gasteiger partial charge on any atom is 0.340 e. The lowest BCUT2D eigenvalue weighted by Gasteiger charge is -2.16. The van der Waals surface area contributed by atoms with Crippen molar-refractivity contribution in [3.63, 3.8) is 0 Å². The zero-order valence-electron chi connectivity index (χ0n) is 9.52. The largest absolute Gasteiger partial charge is 0.497 e. The summed E-state index contributed by atoms with van der Waals surface area (Å²) in [6.45, 7) is 0. The lowest BCUT2D eigenvalue weighted by atomic mass is 10.1. The summed E-state index contributed by atoms with van der Waals surface area (Å²) < 4.78 is 16.6. The van der Waals surface area contributed by atoms with Crippen LogP contribution in [0.25, 0.3) is 0 Å². The van der Waals surface area contributed by atoms with E-state index in [-0.39, 0.29) is 5.82 Å². The quantitative estimate of drug-likeness (QED) is 0.717. The molecule has 2 aromatic rings. The minimum absolute atomic E-state index is 0.133. The molecule has 0 aliphatic heterocycles. The Kier molecular flexibility index (Phi) is 3.47. The molecule has 0 amide bonds. The van der Waals surface area contributed by atoms with E-state index in [2.05, 4.69) is 15.2 Å². The Morgan fingerprint density at radius 3 is 2.44 bits per heavy atom. The summed E-state index contributed by atoms with van der Waals surface area (Å²) in [6, 6.07) is 6.44. The van der Waals surface area contributed by atoms with E-state index >= 15 is 0 Å². The number of benzene rings is 1. The van der Waals surface area contributed by atoms with Crippen LogP contribution in [0.4, 0.5) is 0 Å². The highest BCUT2D eigenvalue weighted by molar-refractivity contribution is 7.52. The van der Waals surface area contributed by atoms with Gasteiger partial charge in [-0.05, 0) is 17.7 Å². The third-order valence-corrected chi connectivity index (χ3v) is 3.68. The molecule has 8 heteroatoms. The van der Waals surface area contributed by atoms with E-state index in [1.807, 2.05) is 0 Å². The number of aromatic amines is 1. The van der Waals surface area contributed by atoms with Crippen LogP contribution in [0.1, 0.15) is 17.0 Å². The molecule has 1 aromatic heterocycles. The minimum Gasteiger partial charge on any atom is -0.497 e. The van der Waals surface area contributed by atoms with Gasteiger partial charge in [-0.3, -0.25) is 9.66 Å². The SMILES string of the molecule is COc1ccc(C(c2ncn[nH]2)P(=O)(O)O)cc1. The minimum atomic E-state index is -4.38. The van der Waals surface area contributed by atoms with Gasteiger partial charge >= 0.3 is 7.60 Å². The first-order chi connectivity index (χ1) is 8.52.